The van der Waals surface area contributed by atoms with Gasteiger partial charge in [-0.25, -0.2) is 4.68 Å². The van der Waals surface area contributed by atoms with Crippen LogP contribution < -0.4 is 0 Å². The summed E-state index contributed by atoms with van der Waals surface area (Å²) in [6, 6.07) is -0.698. The maximum atomic E-state index is 12.8. The second kappa shape index (κ2) is 3.72. The molecule has 0 aliphatic carbocycles. The third kappa shape index (κ3) is 2.34. The van der Waals surface area contributed by atoms with E-state index in [4.69, 9.17) is 0 Å². The van der Waals surface area contributed by atoms with Crippen molar-refractivity contribution in [2.24, 2.45) is 0 Å². The molecular formula is C7H8F4N2O2S. The molecule has 0 aromatic carbocycles. The van der Waals surface area contributed by atoms with Gasteiger partial charge in [0.15, 0.2) is 5.03 Å². The number of hydrogen-bond acceptors (Lipinski definition) is 3. The van der Waals surface area contributed by atoms with E-state index in [1.807, 2.05) is 0 Å². The Morgan fingerprint density at radius 3 is 2.19 bits per heavy atom. The number of hydrogen-bond donors (Lipinski definition) is 0. The topological polar surface area (TPSA) is 52.0 Å². The van der Waals surface area contributed by atoms with E-state index in [9.17, 15) is 25.5 Å². The highest BCUT2D eigenvalue weighted by atomic mass is 32.3. The van der Waals surface area contributed by atoms with Crippen molar-refractivity contribution in [1.82, 2.24) is 9.78 Å². The van der Waals surface area contributed by atoms with Gasteiger partial charge in [-0.15, -0.1) is 0 Å². The van der Waals surface area contributed by atoms with Crippen molar-refractivity contribution < 1.29 is 25.5 Å². The molecule has 1 rings (SSSR count). The summed E-state index contributed by atoms with van der Waals surface area (Å²) in [4.78, 5) is 0. The van der Waals surface area contributed by atoms with Gasteiger partial charge in [0.2, 0.25) is 0 Å². The van der Waals surface area contributed by atoms with Gasteiger partial charge in [0.05, 0.1) is 6.20 Å². The molecule has 0 saturated heterocycles. The molecule has 0 spiro atoms. The first-order valence-electron chi connectivity index (χ1n) is 4.14. The van der Waals surface area contributed by atoms with Crippen LogP contribution in [0.4, 0.5) is 17.1 Å². The SMILES string of the molecule is CC(C)n1ncc(C(F)(F)F)c1S(=O)(=O)F. The molecule has 9 heteroatoms. The van der Waals surface area contributed by atoms with Gasteiger partial charge in [0.25, 0.3) is 0 Å². The van der Waals surface area contributed by atoms with Gasteiger partial charge in [0.1, 0.15) is 5.56 Å². The van der Waals surface area contributed by atoms with E-state index in [1.165, 1.54) is 13.8 Å². The van der Waals surface area contributed by atoms with Gasteiger partial charge in [-0.1, -0.05) is 3.89 Å². The number of rotatable bonds is 2. The van der Waals surface area contributed by atoms with Gasteiger partial charge in [0, 0.05) is 6.04 Å². The molecule has 0 unspecified atom stereocenters. The normalized spacial score (nSPS) is 13.4. The fourth-order valence-electron chi connectivity index (χ4n) is 1.16. The Hall–Kier alpha value is -1.12. The zero-order chi connectivity index (χ0) is 12.7. The molecule has 0 saturated carbocycles. The van der Waals surface area contributed by atoms with Crippen LogP contribution in [0.15, 0.2) is 11.2 Å². The van der Waals surface area contributed by atoms with E-state index < -0.39 is 33.0 Å². The van der Waals surface area contributed by atoms with Gasteiger partial charge in [-0.05, 0) is 13.8 Å². The van der Waals surface area contributed by atoms with Crippen LogP contribution in [0.25, 0.3) is 0 Å². The van der Waals surface area contributed by atoms with Crippen LogP contribution in [0.1, 0.15) is 25.5 Å². The first-order valence-corrected chi connectivity index (χ1v) is 5.53. The summed E-state index contributed by atoms with van der Waals surface area (Å²) in [5.41, 5.74) is -1.59. The lowest BCUT2D eigenvalue weighted by molar-refractivity contribution is -0.140. The maximum Gasteiger partial charge on any atom is 0.420 e. The van der Waals surface area contributed by atoms with E-state index in [0.717, 1.165) is 0 Å². The third-order valence-electron chi connectivity index (χ3n) is 1.78. The minimum Gasteiger partial charge on any atom is -0.249 e. The summed E-state index contributed by atoms with van der Waals surface area (Å²) in [5.74, 6) is 0. The van der Waals surface area contributed by atoms with Crippen LogP contribution >= 0.6 is 0 Å². The molecule has 0 aliphatic heterocycles. The van der Waals surface area contributed by atoms with Crippen LogP contribution in [-0.4, -0.2) is 18.2 Å². The number of halogens is 4. The molecule has 0 amide bonds. The molecule has 92 valence electrons. The Kier molecular flexibility index (Phi) is 3.01. The van der Waals surface area contributed by atoms with E-state index in [2.05, 4.69) is 5.10 Å². The average Bonchev–Trinajstić information content (AvgIpc) is 2.43. The molecule has 0 N–H and O–H groups in total. The molecule has 1 aromatic heterocycles. The summed E-state index contributed by atoms with van der Waals surface area (Å²) in [7, 11) is -5.47. The van der Waals surface area contributed by atoms with Gasteiger partial charge in [-0.2, -0.15) is 26.7 Å². The number of nitrogens with zero attached hydrogens (tertiary/aromatic N) is 2. The third-order valence-corrected chi connectivity index (χ3v) is 2.64. The van der Waals surface area contributed by atoms with Crippen molar-refractivity contribution in [2.75, 3.05) is 0 Å². The van der Waals surface area contributed by atoms with Crippen molar-refractivity contribution >= 4 is 10.2 Å². The molecule has 0 radical (unpaired) electrons. The van der Waals surface area contributed by atoms with E-state index in [0.29, 0.717) is 10.9 Å². The second-order valence-electron chi connectivity index (χ2n) is 3.34. The smallest absolute Gasteiger partial charge is 0.249 e. The standard InChI is InChI=1S/C7H8F4N2O2S/c1-4(2)13-6(16(11,14)15)5(3-12-13)7(8,9)10/h3-4H,1-2H3. The van der Waals surface area contributed by atoms with Crippen LogP contribution in [-0.2, 0) is 16.4 Å². The Bertz CT molecular complexity index is 489. The van der Waals surface area contributed by atoms with Crippen LogP contribution in [0.2, 0.25) is 0 Å². The predicted molar refractivity (Wildman–Crippen MR) is 45.9 cm³/mol. The largest absolute Gasteiger partial charge is 0.420 e. The van der Waals surface area contributed by atoms with Crippen LogP contribution in [0.3, 0.4) is 0 Å². The van der Waals surface area contributed by atoms with E-state index in [1.54, 1.807) is 0 Å². The molecule has 1 aromatic rings. The first kappa shape index (κ1) is 12.9. The minimum absolute atomic E-state index is 0.298. The summed E-state index contributed by atoms with van der Waals surface area (Å²) < 4.78 is 71.7. The van der Waals surface area contributed by atoms with Crippen molar-refractivity contribution in [1.29, 1.82) is 0 Å². The zero-order valence-corrected chi connectivity index (χ0v) is 9.10. The van der Waals surface area contributed by atoms with Gasteiger partial charge >= 0.3 is 16.4 Å². The van der Waals surface area contributed by atoms with Crippen molar-refractivity contribution in [3.63, 3.8) is 0 Å². The minimum atomic E-state index is -5.47. The lowest BCUT2D eigenvalue weighted by Crippen LogP contribution is -2.15. The van der Waals surface area contributed by atoms with Crippen molar-refractivity contribution in [3.8, 4) is 0 Å². The van der Waals surface area contributed by atoms with Gasteiger partial charge < -0.3 is 0 Å². The molecule has 1 heterocycles. The molecule has 0 bridgehead atoms. The molecule has 0 fully saturated rings. The van der Waals surface area contributed by atoms with Crippen molar-refractivity contribution in [3.05, 3.63) is 11.8 Å². The monoisotopic (exact) mass is 260 g/mol. The van der Waals surface area contributed by atoms with Crippen LogP contribution in [0.5, 0.6) is 0 Å². The quantitative estimate of drug-likeness (QED) is 0.604. The maximum absolute atomic E-state index is 12.8. The second-order valence-corrected chi connectivity index (χ2v) is 4.60. The van der Waals surface area contributed by atoms with E-state index in [-0.39, 0.29) is 0 Å². The van der Waals surface area contributed by atoms with E-state index >= 15 is 0 Å². The number of alkyl halides is 3. The summed E-state index contributed by atoms with van der Waals surface area (Å²) >= 11 is 0. The summed E-state index contributed by atoms with van der Waals surface area (Å²) in [5, 5.41) is 1.78. The Labute approximate surface area is 89.1 Å². The summed E-state index contributed by atoms with van der Waals surface area (Å²) in [6.07, 6.45) is -4.66. The fourth-order valence-corrected chi connectivity index (χ4v) is 2.07. The molecule has 4 nitrogen and oxygen atoms in total. The highest BCUT2D eigenvalue weighted by molar-refractivity contribution is 7.86. The molecular weight excluding hydrogens is 252 g/mol. The highest BCUT2D eigenvalue weighted by Crippen LogP contribution is 2.35. The summed E-state index contributed by atoms with van der Waals surface area (Å²) in [6.45, 7) is 2.78. The lowest BCUT2D eigenvalue weighted by Gasteiger charge is -2.10. The molecule has 0 aliphatic rings. The lowest BCUT2D eigenvalue weighted by atomic mass is 10.3. The molecule has 0 atom stereocenters. The Morgan fingerprint density at radius 2 is 1.88 bits per heavy atom. The zero-order valence-electron chi connectivity index (χ0n) is 8.29. The predicted octanol–water partition coefficient (Wildman–Crippen LogP) is 2.14. The fraction of sp³-hybridized carbons (Fsp3) is 0.571. The Morgan fingerprint density at radius 1 is 1.38 bits per heavy atom. The van der Waals surface area contributed by atoms with Crippen molar-refractivity contribution in [2.45, 2.75) is 31.1 Å². The average molecular weight is 260 g/mol. The number of aromatic nitrogens is 2. The van der Waals surface area contributed by atoms with Gasteiger partial charge in [-0.3, -0.25) is 0 Å². The Balaban J connectivity index is 3.57. The highest BCUT2D eigenvalue weighted by Gasteiger charge is 2.41. The molecule has 16 heavy (non-hydrogen) atoms. The first-order chi connectivity index (χ1) is 7.05. The van der Waals surface area contributed by atoms with Crippen LogP contribution in [0, 0.1) is 0 Å².